The highest BCUT2D eigenvalue weighted by atomic mass is 32.2. The molecular formula is C16H27NO3S. The van der Waals surface area contributed by atoms with E-state index in [4.69, 9.17) is 4.74 Å². The Morgan fingerprint density at radius 3 is 2.62 bits per heavy atom. The summed E-state index contributed by atoms with van der Waals surface area (Å²) >= 11 is 0. The molecule has 120 valence electrons. The molecule has 0 aliphatic heterocycles. The van der Waals surface area contributed by atoms with E-state index in [0.29, 0.717) is 13.0 Å². The Morgan fingerprint density at radius 2 is 2.00 bits per heavy atom. The Bertz CT molecular complexity index is 514. The molecule has 0 bridgehead atoms. The maximum Gasteiger partial charge on any atom is 0.150 e. The highest BCUT2D eigenvalue weighted by Crippen LogP contribution is 2.23. The zero-order chi connectivity index (χ0) is 15.7. The van der Waals surface area contributed by atoms with Crippen molar-refractivity contribution in [3.05, 3.63) is 35.4 Å². The van der Waals surface area contributed by atoms with E-state index in [2.05, 4.69) is 24.4 Å². The molecule has 0 aromatic heterocycles. The van der Waals surface area contributed by atoms with Crippen LogP contribution in [0.3, 0.4) is 0 Å². The Hall–Kier alpha value is -0.910. The molecule has 4 nitrogen and oxygen atoms in total. The average molecular weight is 313 g/mol. The van der Waals surface area contributed by atoms with E-state index in [1.54, 1.807) is 14.0 Å². The molecule has 0 aliphatic carbocycles. The van der Waals surface area contributed by atoms with Gasteiger partial charge in [-0.3, -0.25) is 0 Å². The maximum absolute atomic E-state index is 11.8. The molecular weight excluding hydrogens is 286 g/mol. The van der Waals surface area contributed by atoms with Crippen molar-refractivity contribution in [2.24, 2.45) is 0 Å². The minimum absolute atomic E-state index is 0.212. The van der Waals surface area contributed by atoms with Crippen LogP contribution in [0.4, 0.5) is 0 Å². The van der Waals surface area contributed by atoms with Crippen LogP contribution in [0.2, 0.25) is 0 Å². The van der Waals surface area contributed by atoms with Crippen LogP contribution in [0, 0.1) is 6.92 Å². The van der Waals surface area contributed by atoms with Gasteiger partial charge in [-0.25, -0.2) is 8.42 Å². The lowest BCUT2D eigenvalue weighted by Crippen LogP contribution is -2.27. The Balaban J connectivity index is 2.73. The molecule has 0 heterocycles. The minimum atomic E-state index is -2.92. The van der Waals surface area contributed by atoms with Gasteiger partial charge in [0.15, 0.2) is 0 Å². The fourth-order valence-electron chi connectivity index (χ4n) is 2.33. The number of benzene rings is 1. The number of hydrogen-bond donors (Lipinski definition) is 1. The Morgan fingerprint density at radius 1 is 1.29 bits per heavy atom. The largest absolute Gasteiger partial charge is 0.383 e. The highest BCUT2D eigenvalue weighted by molar-refractivity contribution is 7.91. The number of hydrogen-bond acceptors (Lipinski definition) is 4. The molecule has 0 radical (unpaired) electrons. The molecule has 0 amide bonds. The lowest BCUT2D eigenvalue weighted by Gasteiger charge is -2.20. The molecule has 1 rings (SSSR count). The molecule has 1 unspecified atom stereocenters. The van der Waals surface area contributed by atoms with Gasteiger partial charge in [-0.05, 0) is 30.4 Å². The summed E-state index contributed by atoms with van der Waals surface area (Å²) in [6.07, 6.45) is 0.654. The normalized spacial score (nSPS) is 13.3. The van der Waals surface area contributed by atoms with Crippen LogP contribution in [0.15, 0.2) is 24.3 Å². The SMILES string of the molecule is CCS(=O)(=O)CCC(CNCCOC)c1ccccc1C. The van der Waals surface area contributed by atoms with Gasteiger partial charge in [-0.15, -0.1) is 0 Å². The molecule has 1 N–H and O–H groups in total. The number of ether oxygens (including phenoxy) is 1. The van der Waals surface area contributed by atoms with Crippen LogP contribution < -0.4 is 5.32 Å². The molecule has 0 saturated carbocycles. The van der Waals surface area contributed by atoms with Crippen molar-refractivity contribution in [1.29, 1.82) is 0 Å². The molecule has 0 aliphatic rings. The smallest absolute Gasteiger partial charge is 0.150 e. The van der Waals surface area contributed by atoms with Crippen molar-refractivity contribution in [1.82, 2.24) is 5.32 Å². The van der Waals surface area contributed by atoms with E-state index in [-0.39, 0.29) is 17.4 Å². The summed E-state index contributed by atoms with van der Waals surface area (Å²) in [4.78, 5) is 0. The van der Waals surface area contributed by atoms with E-state index >= 15 is 0 Å². The molecule has 1 aromatic rings. The number of rotatable bonds is 10. The summed E-state index contributed by atoms with van der Waals surface area (Å²) in [5, 5.41) is 3.35. The third-order valence-corrected chi connectivity index (χ3v) is 5.46. The van der Waals surface area contributed by atoms with Crippen LogP contribution in [-0.4, -0.2) is 46.7 Å². The van der Waals surface area contributed by atoms with E-state index in [1.165, 1.54) is 11.1 Å². The average Bonchev–Trinajstić information content (AvgIpc) is 2.47. The van der Waals surface area contributed by atoms with Crippen LogP contribution in [0.5, 0.6) is 0 Å². The quantitative estimate of drug-likeness (QED) is 0.672. The summed E-state index contributed by atoms with van der Waals surface area (Å²) in [7, 11) is -1.25. The molecule has 21 heavy (non-hydrogen) atoms. The van der Waals surface area contributed by atoms with Crippen molar-refractivity contribution >= 4 is 9.84 Å². The second-order valence-electron chi connectivity index (χ2n) is 5.28. The monoisotopic (exact) mass is 313 g/mol. The minimum Gasteiger partial charge on any atom is -0.383 e. The van der Waals surface area contributed by atoms with Gasteiger partial charge < -0.3 is 10.1 Å². The lowest BCUT2D eigenvalue weighted by molar-refractivity contribution is 0.199. The first-order valence-electron chi connectivity index (χ1n) is 7.45. The first kappa shape index (κ1) is 18.1. The van der Waals surface area contributed by atoms with Gasteiger partial charge in [0.05, 0.1) is 12.4 Å². The number of methoxy groups -OCH3 is 1. The fraction of sp³-hybridized carbons (Fsp3) is 0.625. The second kappa shape index (κ2) is 9.18. The third-order valence-electron chi connectivity index (χ3n) is 3.72. The van der Waals surface area contributed by atoms with Gasteiger partial charge in [0.1, 0.15) is 9.84 Å². The van der Waals surface area contributed by atoms with Crippen molar-refractivity contribution in [2.45, 2.75) is 26.2 Å². The summed E-state index contributed by atoms with van der Waals surface area (Å²) in [6, 6.07) is 8.19. The Labute approximate surface area is 128 Å². The van der Waals surface area contributed by atoms with Gasteiger partial charge in [-0.1, -0.05) is 31.2 Å². The van der Waals surface area contributed by atoms with Gasteiger partial charge in [-0.2, -0.15) is 0 Å². The van der Waals surface area contributed by atoms with E-state index in [9.17, 15) is 8.42 Å². The molecule has 5 heteroatoms. The van der Waals surface area contributed by atoms with Crippen LogP contribution in [0.25, 0.3) is 0 Å². The van der Waals surface area contributed by atoms with E-state index in [1.807, 2.05) is 12.1 Å². The van der Waals surface area contributed by atoms with Crippen molar-refractivity contribution < 1.29 is 13.2 Å². The zero-order valence-corrected chi connectivity index (χ0v) is 14.1. The van der Waals surface area contributed by atoms with Crippen molar-refractivity contribution in [3.63, 3.8) is 0 Å². The van der Waals surface area contributed by atoms with Gasteiger partial charge in [0.25, 0.3) is 0 Å². The summed E-state index contributed by atoms with van der Waals surface area (Å²) in [6.45, 7) is 5.99. The summed E-state index contributed by atoms with van der Waals surface area (Å²) < 4.78 is 28.5. The Kier molecular flexibility index (Phi) is 7.93. The number of sulfone groups is 1. The van der Waals surface area contributed by atoms with Crippen LogP contribution in [0.1, 0.15) is 30.4 Å². The third kappa shape index (κ3) is 6.59. The highest BCUT2D eigenvalue weighted by Gasteiger charge is 2.17. The second-order valence-corrected chi connectivity index (χ2v) is 7.75. The van der Waals surface area contributed by atoms with Gasteiger partial charge in [0, 0.05) is 26.0 Å². The summed E-state index contributed by atoms with van der Waals surface area (Å²) in [5.74, 6) is 0.670. The maximum atomic E-state index is 11.8. The van der Waals surface area contributed by atoms with Gasteiger partial charge in [0.2, 0.25) is 0 Å². The number of nitrogens with one attached hydrogen (secondary N) is 1. The van der Waals surface area contributed by atoms with Crippen LogP contribution >= 0.6 is 0 Å². The van der Waals surface area contributed by atoms with E-state index < -0.39 is 9.84 Å². The summed E-state index contributed by atoms with van der Waals surface area (Å²) in [5.41, 5.74) is 2.44. The molecule has 0 saturated heterocycles. The first-order valence-corrected chi connectivity index (χ1v) is 9.28. The molecule has 0 fully saturated rings. The standard InChI is InChI=1S/C16H27NO3S/c1-4-21(18,19)12-9-15(13-17-10-11-20-3)16-8-6-5-7-14(16)2/h5-8,15,17H,4,9-13H2,1-3H3. The molecule has 1 atom stereocenters. The van der Waals surface area contributed by atoms with Crippen LogP contribution in [-0.2, 0) is 14.6 Å². The topological polar surface area (TPSA) is 55.4 Å². The van der Waals surface area contributed by atoms with E-state index in [0.717, 1.165) is 13.1 Å². The van der Waals surface area contributed by atoms with Crippen molar-refractivity contribution in [3.8, 4) is 0 Å². The fourth-order valence-corrected chi connectivity index (χ4v) is 3.26. The lowest BCUT2D eigenvalue weighted by atomic mass is 9.92. The zero-order valence-electron chi connectivity index (χ0n) is 13.3. The molecule has 1 aromatic carbocycles. The van der Waals surface area contributed by atoms with Gasteiger partial charge >= 0.3 is 0 Å². The number of aryl methyl sites for hydroxylation is 1. The first-order chi connectivity index (χ1) is 10.00. The molecule has 0 spiro atoms. The predicted octanol–water partition coefficient (Wildman–Crippen LogP) is 2.14. The van der Waals surface area contributed by atoms with Crippen molar-refractivity contribution in [2.75, 3.05) is 38.3 Å². The predicted molar refractivity (Wildman–Crippen MR) is 87.6 cm³/mol.